The van der Waals surface area contributed by atoms with E-state index < -0.39 is 0 Å². The first kappa shape index (κ1) is 13.1. The number of aromatic nitrogens is 2. The van der Waals surface area contributed by atoms with Crippen LogP contribution < -0.4 is 4.74 Å². The Kier molecular flexibility index (Phi) is 3.65. The molecule has 0 atom stereocenters. The average molecular weight is 284 g/mol. The number of benzene rings is 1. The van der Waals surface area contributed by atoms with Crippen molar-refractivity contribution in [2.75, 3.05) is 7.11 Å². The van der Waals surface area contributed by atoms with Gasteiger partial charge in [0.05, 0.1) is 12.8 Å². The summed E-state index contributed by atoms with van der Waals surface area (Å²) < 4.78 is 7.32. The predicted molar refractivity (Wildman–Crippen MR) is 82.5 cm³/mol. The smallest absolute Gasteiger partial charge is 0.139 e. The first-order valence-corrected chi connectivity index (χ1v) is 7.45. The zero-order valence-corrected chi connectivity index (χ0v) is 12.4. The van der Waals surface area contributed by atoms with Gasteiger partial charge in [0, 0.05) is 23.0 Å². The molecule has 102 valence electrons. The third kappa shape index (κ3) is 2.65. The molecule has 20 heavy (non-hydrogen) atoms. The van der Waals surface area contributed by atoms with Crippen molar-refractivity contribution in [2.24, 2.45) is 0 Å². The minimum atomic E-state index is 0.855. The van der Waals surface area contributed by atoms with E-state index in [9.17, 15) is 0 Å². The number of fused-ring (bicyclic) bond motifs is 1. The van der Waals surface area contributed by atoms with E-state index in [1.807, 2.05) is 30.5 Å². The van der Waals surface area contributed by atoms with E-state index in [4.69, 9.17) is 4.74 Å². The maximum absolute atomic E-state index is 5.24. The topological polar surface area (TPSA) is 26.5 Å². The minimum Gasteiger partial charge on any atom is -0.497 e. The highest BCUT2D eigenvalue weighted by molar-refractivity contribution is 7.98. The van der Waals surface area contributed by atoms with Gasteiger partial charge in [-0.25, -0.2) is 4.98 Å². The number of methoxy groups -OCH3 is 1. The molecule has 2 aromatic heterocycles. The fraction of sp³-hybridized carbons (Fsp3) is 0.188. The maximum atomic E-state index is 5.24. The standard InChI is InChI=1S/C16H16N2OS/c1-12-5-4-8-18-10-13(17-16(12)18)11-20-15-7-3-6-14(9-15)19-2/h3-10H,11H2,1-2H3. The molecule has 0 aliphatic carbocycles. The van der Waals surface area contributed by atoms with Gasteiger partial charge < -0.3 is 9.14 Å². The number of rotatable bonds is 4. The van der Waals surface area contributed by atoms with Crippen LogP contribution in [0.4, 0.5) is 0 Å². The summed E-state index contributed by atoms with van der Waals surface area (Å²) in [7, 11) is 1.69. The van der Waals surface area contributed by atoms with E-state index in [0.29, 0.717) is 0 Å². The van der Waals surface area contributed by atoms with Crippen LogP contribution >= 0.6 is 11.8 Å². The molecule has 0 saturated heterocycles. The number of imidazole rings is 1. The van der Waals surface area contributed by atoms with Crippen molar-refractivity contribution in [1.82, 2.24) is 9.38 Å². The normalized spacial score (nSPS) is 10.9. The zero-order chi connectivity index (χ0) is 13.9. The van der Waals surface area contributed by atoms with E-state index in [1.54, 1.807) is 18.9 Å². The number of pyridine rings is 1. The highest BCUT2D eigenvalue weighted by Gasteiger charge is 2.04. The lowest BCUT2D eigenvalue weighted by molar-refractivity contribution is 0.413. The van der Waals surface area contributed by atoms with Gasteiger partial charge in [-0.1, -0.05) is 12.1 Å². The van der Waals surface area contributed by atoms with Crippen LogP contribution in [0.5, 0.6) is 5.75 Å². The van der Waals surface area contributed by atoms with E-state index in [2.05, 4.69) is 34.6 Å². The van der Waals surface area contributed by atoms with Crippen LogP contribution in [0.3, 0.4) is 0 Å². The predicted octanol–water partition coefficient (Wildman–Crippen LogP) is 3.94. The first-order chi connectivity index (χ1) is 9.76. The van der Waals surface area contributed by atoms with Crippen LogP contribution in [-0.4, -0.2) is 16.5 Å². The number of thioether (sulfide) groups is 1. The van der Waals surface area contributed by atoms with E-state index in [0.717, 1.165) is 22.8 Å². The molecular weight excluding hydrogens is 268 g/mol. The van der Waals surface area contributed by atoms with Gasteiger partial charge in [0.1, 0.15) is 11.4 Å². The van der Waals surface area contributed by atoms with Crippen molar-refractivity contribution in [3.63, 3.8) is 0 Å². The van der Waals surface area contributed by atoms with Crippen LogP contribution in [0.15, 0.2) is 53.7 Å². The van der Waals surface area contributed by atoms with E-state index in [1.165, 1.54) is 10.5 Å². The van der Waals surface area contributed by atoms with Crippen molar-refractivity contribution in [1.29, 1.82) is 0 Å². The monoisotopic (exact) mass is 284 g/mol. The van der Waals surface area contributed by atoms with Gasteiger partial charge in [-0.3, -0.25) is 0 Å². The van der Waals surface area contributed by atoms with Crippen molar-refractivity contribution < 1.29 is 4.74 Å². The number of hydrogen-bond donors (Lipinski definition) is 0. The molecule has 0 saturated carbocycles. The molecule has 2 heterocycles. The van der Waals surface area contributed by atoms with E-state index in [-0.39, 0.29) is 0 Å². The molecule has 0 fully saturated rings. The van der Waals surface area contributed by atoms with Crippen molar-refractivity contribution >= 4 is 17.4 Å². The molecule has 3 nitrogen and oxygen atoms in total. The molecule has 3 rings (SSSR count). The SMILES string of the molecule is COc1cccc(SCc2cn3cccc(C)c3n2)c1. The first-order valence-electron chi connectivity index (χ1n) is 6.46. The molecule has 0 amide bonds. The van der Waals surface area contributed by atoms with Gasteiger partial charge in [-0.15, -0.1) is 11.8 Å². The quantitative estimate of drug-likeness (QED) is 0.679. The summed E-state index contributed by atoms with van der Waals surface area (Å²) in [5.41, 5.74) is 3.32. The Balaban J connectivity index is 1.78. The second kappa shape index (κ2) is 5.59. The average Bonchev–Trinajstić information content (AvgIpc) is 2.90. The number of hydrogen-bond acceptors (Lipinski definition) is 3. The second-order valence-electron chi connectivity index (χ2n) is 4.62. The van der Waals surface area contributed by atoms with Crippen LogP contribution in [0.2, 0.25) is 0 Å². The van der Waals surface area contributed by atoms with E-state index >= 15 is 0 Å². The van der Waals surface area contributed by atoms with Crippen LogP contribution in [0.1, 0.15) is 11.3 Å². The Morgan fingerprint density at radius 3 is 2.95 bits per heavy atom. The molecule has 0 spiro atoms. The van der Waals surface area contributed by atoms with Crippen LogP contribution in [-0.2, 0) is 5.75 Å². The van der Waals surface area contributed by atoms with Crippen molar-refractivity contribution in [3.8, 4) is 5.75 Å². The Hall–Kier alpha value is -1.94. The van der Waals surface area contributed by atoms with Gasteiger partial charge in [-0.2, -0.15) is 0 Å². The van der Waals surface area contributed by atoms with Gasteiger partial charge in [0.15, 0.2) is 0 Å². The lowest BCUT2D eigenvalue weighted by atomic mass is 10.3. The summed E-state index contributed by atoms with van der Waals surface area (Å²) in [5, 5.41) is 0. The molecular formula is C16H16N2OS. The largest absolute Gasteiger partial charge is 0.497 e. The Bertz CT molecular complexity index is 736. The van der Waals surface area contributed by atoms with Gasteiger partial charge in [0.2, 0.25) is 0 Å². The lowest BCUT2D eigenvalue weighted by Gasteiger charge is -2.02. The van der Waals surface area contributed by atoms with Gasteiger partial charge >= 0.3 is 0 Å². The Labute approximate surface area is 122 Å². The number of ether oxygens (including phenoxy) is 1. The minimum absolute atomic E-state index is 0.855. The molecule has 0 aliphatic rings. The lowest BCUT2D eigenvalue weighted by Crippen LogP contribution is -1.84. The summed E-state index contributed by atoms with van der Waals surface area (Å²) in [5.74, 6) is 1.75. The third-order valence-electron chi connectivity index (χ3n) is 3.16. The summed E-state index contributed by atoms with van der Waals surface area (Å²) in [6, 6.07) is 12.2. The Morgan fingerprint density at radius 2 is 2.15 bits per heavy atom. The third-order valence-corrected chi connectivity index (χ3v) is 4.18. The molecule has 0 aliphatic heterocycles. The van der Waals surface area contributed by atoms with Gasteiger partial charge in [-0.05, 0) is 36.8 Å². The second-order valence-corrected chi connectivity index (χ2v) is 5.67. The highest BCUT2D eigenvalue weighted by Crippen LogP contribution is 2.26. The van der Waals surface area contributed by atoms with Crippen molar-refractivity contribution in [2.45, 2.75) is 17.6 Å². The molecule has 0 bridgehead atoms. The number of nitrogens with zero attached hydrogens (tertiary/aromatic N) is 2. The molecule has 3 aromatic rings. The molecule has 1 aromatic carbocycles. The summed E-state index contributed by atoms with van der Waals surface area (Å²) >= 11 is 1.77. The summed E-state index contributed by atoms with van der Waals surface area (Å²) in [6.45, 7) is 2.08. The van der Waals surface area contributed by atoms with Gasteiger partial charge in [0.25, 0.3) is 0 Å². The summed E-state index contributed by atoms with van der Waals surface area (Å²) in [4.78, 5) is 5.87. The Morgan fingerprint density at radius 1 is 1.25 bits per heavy atom. The maximum Gasteiger partial charge on any atom is 0.139 e. The van der Waals surface area contributed by atoms with Crippen LogP contribution in [0, 0.1) is 6.92 Å². The fourth-order valence-corrected chi connectivity index (χ4v) is 2.95. The zero-order valence-electron chi connectivity index (χ0n) is 11.5. The molecule has 0 radical (unpaired) electrons. The highest BCUT2D eigenvalue weighted by atomic mass is 32.2. The fourth-order valence-electron chi connectivity index (χ4n) is 2.12. The van der Waals surface area contributed by atoms with Crippen LogP contribution in [0.25, 0.3) is 5.65 Å². The molecule has 4 heteroatoms. The summed E-state index contributed by atoms with van der Waals surface area (Å²) in [6.07, 6.45) is 4.13. The van der Waals surface area contributed by atoms with Crippen molar-refractivity contribution in [3.05, 3.63) is 60.0 Å². The number of aryl methyl sites for hydroxylation is 1. The molecule has 0 unspecified atom stereocenters. The molecule has 0 N–H and O–H groups in total.